The molecule has 0 fully saturated rings. The van der Waals surface area contributed by atoms with Gasteiger partial charge in [0.15, 0.2) is 0 Å². The average Bonchev–Trinajstić information content (AvgIpc) is 2.38. The third-order valence-corrected chi connectivity index (χ3v) is 3.09. The van der Waals surface area contributed by atoms with E-state index in [9.17, 15) is 0 Å². The molecule has 2 rings (SSSR count). The first-order valence-corrected chi connectivity index (χ1v) is 5.92. The van der Waals surface area contributed by atoms with Gasteiger partial charge in [-0.15, -0.1) is 0 Å². The molecule has 90 valence electrons. The quantitative estimate of drug-likeness (QED) is 0.771. The van der Waals surface area contributed by atoms with Crippen LogP contribution < -0.4 is 0 Å². The van der Waals surface area contributed by atoms with Crippen molar-refractivity contribution >= 4 is 29.7 Å². The molecule has 0 spiro atoms. The van der Waals surface area contributed by atoms with Crippen molar-refractivity contribution in [1.82, 2.24) is 0 Å². The molecule has 2 nitrogen and oxygen atoms in total. The molecular weight excluding hydrogens is 244 g/mol. The highest BCUT2D eigenvalue weighted by Gasteiger charge is 2.08. The Balaban J connectivity index is 2.61. The summed E-state index contributed by atoms with van der Waals surface area (Å²) in [5.74, 6) is 0. The number of hydrogen-bond donors (Lipinski definition) is 1. The van der Waals surface area contributed by atoms with Gasteiger partial charge in [0, 0.05) is 21.9 Å². The summed E-state index contributed by atoms with van der Waals surface area (Å²) in [6.07, 6.45) is 0. The Kier molecular flexibility index (Phi) is 3.58. The van der Waals surface area contributed by atoms with Crippen LogP contribution in [-0.2, 0) is 0 Å². The SMILES string of the molecule is C=Nc1ccc(-c2ccccc2Cl)cc1C(C)=N. The Morgan fingerprint density at radius 3 is 2.56 bits per heavy atom. The minimum absolute atomic E-state index is 0.464. The van der Waals surface area contributed by atoms with E-state index in [4.69, 9.17) is 17.0 Å². The maximum atomic E-state index is 7.77. The van der Waals surface area contributed by atoms with Crippen LogP contribution in [0, 0.1) is 5.41 Å². The fraction of sp³-hybridized carbons (Fsp3) is 0.0667. The predicted octanol–water partition coefficient (Wildman–Crippen LogP) is 4.73. The van der Waals surface area contributed by atoms with Gasteiger partial charge in [-0.3, -0.25) is 4.99 Å². The van der Waals surface area contributed by atoms with E-state index in [1.165, 1.54) is 0 Å². The molecule has 0 aliphatic rings. The number of halogens is 1. The minimum atomic E-state index is 0.464. The normalized spacial score (nSPS) is 10.1. The van der Waals surface area contributed by atoms with E-state index < -0.39 is 0 Å². The Hall–Kier alpha value is -1.93. The fourth-order valence-corrected chi connectivity index (χ4v) is 2.08. The molecule has 3 heteroatoms. The summed E-state index contributed by atoms with van der Waals surface area (Å²) in [5, 5.41) is 8.47. The molecule has 2 aromatic carbocycles. The summed E-state index contributed by atoms with van der Waals surface area (Å²) in [6.45, 7) is 5.26. The second-order valence-corrected chi connectivity index (χ2v) is 4.40. The molecule has 1 N–H and O–H groups in total. The molecule has 0 unspecified atom stereocenters. The highest BCUT2D eigenvalue weighted by molar-refractivity contribution is 6.33. The zero-order chi connectivity index (χ0) is 13.1. The first-order valence-electron chi connectivity index (χ1n) is 5.54. The number of hydrogen-bond acceptors (Lipinski definition) is 2. The lowest BCUT2D eigenvalue weighted by molar-refractivity contribution is 1.43. The molecule has 0 radical (unpaired) electrons. The van der Waals surface area contributed by atoms with Gasteiger partial charge in [0.2, 0.25) is 0 Å². The lowest BCUT2D eigenvalue weighted by atomic mass is 10.00. The zero-order valence-electron chi connectivity index (χ0n) is 10.1. The van der Waals surface area contributed by atoms with Gasteiger partial charge in [0.1, 0.15) is 0 Å². The van der Waals surface area contributed by atoms with Gasteiger partial charge < -0.3 is 5.41 Å². The molecule has 0 saturated carbocycles. The van der Waals surface area contributed by atoms with Gasteiger partial charge in [-0.1, -0.05) is 35.9 Å². The van der Waals surface area contributed by atoms with E-state index in [0.29, 0.717) is 10.7 Å². The molecule has 0 amide bonds. The van der Waals surface area contributed by atoms with E-state index >= 15 is 0 Å². The molecule has 0 aliphatic carbocycles. The molecular formula is C15H13ClN2. The van der Waals surface area contributed by atoms with Gasteiger partial charge in [-0.2, -0.15) is 0 Å². The predicted molar refractivity (Wildman–Crippen MR) is 78.6 cm³/mol. The summed E-state index contributed by atoms with van der Waals surface area (Å²) in [5.41, 5.74) is 3.90. The maximum absolute atomic E-state index is 7.77. The highest BCUT2D eigenvalue weighted by Crippen LogP contribution is 2.31. The summed E-state index contributed by atoms with van der Waals surface area (Å²) in [7, 11) is 0. The summed E-state index contributed by atoms with van der Waals surface area (Å²) in [4.78, 5) is 3.93. The van der Waals surface area contributed by atoms with Crippen LogP contribution >= 0.6 is 11.6 Å². The van der Waals surface area contributed by atoms with Crippen molar-refractivity contribution < 1.29 is 0 Å². The Labute approximate surface area is 111 Å². The van der Waals surface area contributed by atoms with E-state index in [0.717, 1.165) is 22.4 Å². The monoisotopic (exact) mass is 256 g/mol. The van der Waals surface area contributed by atoms with E-state index in [1.807, 2.05) is 42.5 Å². The van der Waals surface area contributed by atoms with Crippen LogP contribution in [0.5, 0.6) is 0 Å². The number of rotatable bonds is 3. The molecule has 18 heavy (non-hydrogen) atoms. The van der Waals surface area contributed by atoms with E-state index in [-0.39, 0.29) is 0 Å². The van der Waals surface area contributed by atoms with Crippen LogP contribution in [-0.4, -0.2) is 12.4 Å². The highest BCUT2D eigenvalue weighted by atomic mass is 35.5. The van der Waals surface area contributed by atoms with Gasteiger partial charge >= 0.3 is 0 Å². The van der Waals surface area contributed by atoms with Crippen LogP contribution in [0.15, 0.2) is 47.5 Å². The van der Waals surface area contributed by atoms with Gasteiger partial charge in [0.05, 0.1) is 5.69 Å². The Bertz CT molecular complexity index is 618. The standard InChI is InChI=1S/C15H13ClN2/c1-10(17)13-9-11(7-8-15(13)18-2)12-5-3-4-6-14(12)16/h3-9,17H,2H2,1H3. The lowest BCUT2D eigenvalue weighted by Gasteiger charge is -2.09. The largest absolute Gasteiger partial charge is 0.305 e. The third kappa shape index (κ3) is 2.34. The topological polar surface area (TPSA) is 36.2 Å². The van der Waals surface area contributed by atoms with Crippen molar-refractivity contribution in [2.24, 2.45) is 4.99 Å². The van der Waals surface area contributed by atoms with Crippen LogP contribution in [0.1, 0.15) is 12.5 Å². The van der Waals surface area contributed by atoms with Gasteiger partial charge in [-0.25, -0.2) is 0 Å². The number of nitrogens with one attached hydrogen (secondary N) is 1. The van der Waals surface area contributed by atoms with Crippen molar-refractivity contribution in [3.63, 3.8) is 0 Å². The lowest BCUT2D eigenvalue weighted by Crippen LogP contribution is -1.93. The number of benzene rings is 2. The molecule has 0 atom stereocenters. The van der Waals surface area contributed by atoms with Crippen molar-refractivity contribution in [2.45, 2.75) is 6.92 Å². The molecule has 0 aliphatic heterocycles. The van der Waals surface area contributed by atoms with Gasteiger partial charge in [0.25, 0.3) is 0 Å². The number of nitrogens with zero attached hydrogens (tertiary/aromatic N) is 1. The first kappa shape index (κ1) is 12.5. The van der Waals surface area contributed by atoms with E-state index in [1.54, 1.807) is 6.92 Å². The third-order valence-electron chi connectivity index (χ3n) is 2.76. The van der Waals surface area contributed by atoms with Crippen LogP contribution in [0.25, 0.3) is 11.1 Å². The zero-order valence-corrected chi connectivity index (χ0v) is 10.8. The summed E-state index contributed by atoms with van der Waals surface area (Å²) >= 11 is 6.17. The van der Waals surface area contributed by atoms with Crippen molar-refractivity contribution in [3.05, 3.63) is 53.1 Å². The number of aliphatic imine (C=N–C) groups is 1. The summed E-state index contributed by atoms with van der Waals surface area (Å²) < 4.78 is 0. The van der Waals surface area contributed by atoms with Crippen LogP contribution in [0.4, 0.5) is 5.69 Å². The fourth-order valence-electron chi connectivity index (χ4n) is 1.84. The Morgan fingerprint density at radius 1 is 1.22 bits per heavy atom. The van der Waals surface area contributed by atoms with Crippen molar-refractivity contribution in [1.29, 1.82) is 5.41 Å². The second-order valence-electron chi connectivity index (χ2n) is 3.99. The van der Waals surface area contributed by atoms with Crippen LogP contribution in [0.3, 0.4) is 0 Å². The first-order chi connectivity index (χ1) is 8.63. The average molecular weight is 257 g/mol. The molecule has 0 saturated heterocycles. The van der Waals surface area contributed by atoms with Crippen molar-refractivity contribution in [2.75, 3.05) is 0 Å². The van der Waals surface area contributed by atoms with Crippen LogP contribution in [0.2, 0.25) is 5.02 Å². The molecule has 0 bridgehead atoms. The smallest absolute Gasteiger partial charge is 0.0713 e. The molecule has 2 aromatic rings. The van der Waals surface area contributed by atoms with Crippen molar-refractivity contribution in [3.8, 4) is 11.1 Å². The Morgan fingerprint density at radius 2 is 1.94 bits per heavy atom. The molecule has 0 aromatic heterocycles. The second kappa shape index (κ2) is 5.15. The maximum Gasteiger partial charge on any atom is 0.0713 e. The molecule has 0 heterocycles. The minimum Gasteiger partial charge on any atom is -0.305 e. The van der Waals surface area contributed by atoms with E-state index in [2.05, 4.69) is 11.7 Å². The summed E-state index contributed by atoms with van der Waals surface area (Å²) in [6, 6.07) is 13.4. The van der Waals surface area contributed by atoms with Gasteiger partial charge in [-0.05, 0) is 37.4 Å².